The number of aromatic nitrogens is 4. The van der Waals surface area contributed by atoms with Crippen molar-refractivity contribution in [2.24, 2.45) is 5.92 Å². The van der Waals surface area contributed by atoms with Gasteiger partial charge in [0.05, 0.1) is 0 Å². The summed E-state index contributed by atoms with van der Waals surface area (Å²) in [4.78, 5) is 8.08. The standard InChI is InChI=1S/C9H12N4/c1-7(2)4-13-5-8-3-10-6-11-9(8)12-13/h3,5-7H,4H2,1-2H3/p+1. The highest BCUT2D eigenvalue weighted by Gasteiger charge is 2.09. The van der Waals surface area contributed by atoms with Gasteiger partial charge in [0.25, 0.3) is 0 Å². The van der Waals surface area contributed by atoms with Gasteiger partial charge in [0.1, 0.15) is 11.7 Å². The fourth-order valence-electron chi connectivity index (χ4n) is 1.36. The van der Waals surface area contributed by atoms with Crippen molar-refractivity contribution in [3.05, 3.63) is 18.7 Å². The quantitative estimate of drug-likeness (QED) is 0.693. The molecule has 2 aromatic rings. The molecular formula is C9H13N4+. The third-order valence-electron chi connectivity index (χ3n) is 1.85. The lowest BCUT2D eigenvalue weighted by atomic mass is 10.2. The second kappa shape index (κ2) is 3.12. The van der Waals surface area contributed by atoms with Crippen LogP contribution < -0.4 is 4.68 Å². The normalized spacial score (nSPS) is 11.3. The predicted molar refractivity (Wildman–Crippen MR) is 48.9 cm³/mol. The number of hydrogen-bond acceptors (Lipinski definition) is 2. The van der Waals surface area contributed by atoms with Gasteiger partial charge in [-0.2, -0.15) is 0 Å². The zero-order chi connectivity index (χ0) is 9.26. The smallest absolute Gasteiger partial charge is 0.206 e. The number of hydrogen-bond donors (Lipinski definition) is 1. The molecule has 2 aromatic heterocycles. The molecule has 0 radical (unpaired) electrons. The van der Waals surface area contributed by atoms with Crippen LogP contribution in [-0.4, -0.2) is 15.1 Å². The Balaban J connectivity index is 2.38. The average Bonchev–Trinajstić information content (AvgIpc) is 2.44. The van der Waals surface area contributed by atoms with Crippen LogP contribution in [-0.2, 0) is 6.54 Å². The lowest BCUT2D eigenvalue weighted by Crippen LogP contribution is -2.37. The first-order valence-electron chi connectivity index (χ1n) is 4.44. The second-order valence-electron chi connectivity index (χ2n) is 3.61. The number of nitrogens with zero attached hydrogens (tertiary/aromatic N) is 3. The van der Waals surface area contributed by atoms with E-state index < -0.39 is 0 Å². The highest BCUT2D eigenvalue weighted by atomic mass is 15.3. The summed E-state index contributed by atoms with van der Waals surface area (Å²) in [6.07, 6.45) is 5.41. The number of rotatable bonds is 2. The molecule has 1 N–H and O–H groups in total. The topological polar surface area (TPSA) is 45.5 Å². The summed E-state index contributed by atoms with van der Waals surface area (Å²) >= 11 is 0. The zero-order valence-corrected chi connectivity index (χ0v) is 7.86. The van der Waals surface area contributed by atoms with Crippen LogP contribution in [0.2, 0.25) is 0 Å². The molecular weight excluding hydrogens is 164 g/mol. The van der Waals surface area contributed by atoms with Gasteiger partial charge in [0, 0.05) is 12.1 Å². The fraction of sp³-hybridized carbons (Fsp3) is 0.444. The summed E-state index contributed by atoms with van der Waals surface area (Å²) in [5, 5.41) is 4.25. The average molecular weight is 177 g/mol. The Morgan fingerprint density at radius 2 is 2.38 bits per heavy atom. The number of nitrogens with one attached hydrogen (secondary N) is 1. The van der Waals surface area contributed by atoms with Crippen molar-refractivity contribution in [1.82, 2.24) is 15.1 Å². The molecule has 68 valence electrons. The van der Waals surface area contributed by atoms with Crippen LogP contribution in [0.25, 0.3) is 11.0 Å². The van der Waals surface area contributed by atoms with Crippen molar-refractivity contribution in [1.29, 1.82) is 0 Å². The fourth-order valence-corrected chi connectivity index (χ4v) is 1.36. The van der Waals surface area contributed by atoms with Gasteiger partial charge in [0.2, 0.25) is 11.8 Å². The van der Waals surface area contributed by atoms with Gasteiger partial charge in [-0.25, -0.2) is 9.97 Å². The molecule has 0 spiro atoms. The highest BCUT2D eigenvalue weighted by molar-refractivity contribution is 5.70. The molecule has 0 fully saturated rings. The minimum Gasteiger partial charge on any atom is -0.244 e. The van der Waals surface area contributed by atoms with Crippen LogP contribution in [0.4, 0.5) is 0 Å². The molecule has 0 amide bonds. The van der Waals surface area contributed by atoms with Crippen molar-refractivity contribution in [2.75, 3.05) is 0 Å². The van der Waals surface area contributed by atoms with Gasteiger partial charge < -0.3 is 0 Å². The molecule has 0 aliphatic rings. The Hall–Kier alpha value is -1.45. The molecule has 0 aliphatic heterocycles. The van der Waals surface area contributed by atoms with E-state index in [0.29, 0.717) is 5.92 Å². The van der Waals surface area contributed by atoms with Crippen LogP contribution in [0, 0.1) is 5.92 Å². The maximum atomic E-state index is 4.12. The van der Waals surface area contributed by atoms with Gasteiger partial charge in [-0.05, 0) is 0 Å². The van der Waals surface area contributed by atoms with E-state index in [1.54, 1.807) is 6.33 Å². The molecule has 0 saturated heterocycles. The Morgan fingerprint density at radius 1 is 1.54 bits per heavy atom. The summed E-state index contributed by atoms with van der Waals surface area (Å²) in [7, 11) is 0. The molecule has 0 unspecified atom stereocenters. The molecule has 4 nitrogen and oxygen atoms in total. The molecule has 0 bridgehead atoms. The summed E-state index contributed by atoms with van der Waals surface area (Å²) in [6, 6.07) is 0. The van der Waals surface area contributed by atoms with Crippen molar-refractivity contribution in [3.8, 4) is 0 Å². The first-order chi connectivity index (χ1) is 6.25. The third kappa shape index (κ3) is 1.66. The van der Waals surface area contributed by atoms with E-state index in [2.05, 4.69) is 28.9 Å². The number of aromatic amines is 1. The predicted octanol–water partition coefficient (Wildman–Crippen LogP) is 0.901. The molecule has 0 saturated carbocycles. The third-order valence-corrected chi connectivity index (χ3v) is 1.85. The van der Waals surface area contributed by atoms with Crippen LogP contribution >= 0.6 is 0 Å². The van der Waals surface area contributed by atoms with E-state index in [4.69, 9.17) is 0 Å². The Kier molecular flexibility index (Phi) is 1.96. The van der Waals surface area contributed by atoms with Crippen molar-refractivity contribution in [2.45, 2.75) is 20.4 Å². The van der Waals surface area contributed by atoms with E-state index in [0.717, 1.165) is 17.6 Å². The van der Waals surface area contributed by atoms with Gasteiger partial charge in [0.15, 0.2) is 6.54 Å². The van der Waals surface area contributed by atoms with E-state index >= 15 is 0 Å². The second-order valence-corrected chi connectivity index (χ2v) is 3.61. The molecule has 0 aliphatic carbocycles. The van der Waals surface area contributed by atoms with E-state index in [-0.39, 0.29) is 0 Å². The minimum absolute atomic E-state index is 0.631. The van der Waals surface area contributed by atoms with Gasteiger partial charge in [-0.1, -0.05) is 13.8 Å². The molecule has 4 heteroatoms. The monoisotopic (exact) mass is 177 g/mol. The number of fused-ring (bicyclic) bond motifs is 1. The zero-order valence-electron chi connectivity index (χ0n) is 7.86. The Labute approximate surface area is 76.6 Å². The maximum Gasteiger partial charge on any atom is 0.206 e. The summed E-state index contributed by atoms with van der Waals surface area (Å²) in [5.74, 6) is 0.631. The maximum absolute atomic E-state index is 4.12. The van der Waals surface area contributed by atoms with Gasteiger partial charge in [-0.3, -0.25) is 0 Å². The summed E-state index contributed by atoms with van der Waals surface area (Å²) < 4.78 is 2.05. The van der Waals surface area contributed by atoms with Crippen LogP contribution in [0.1, 0.15) is 13.8 Å². The van der Waals surface area contributed by atoms with Crippen LogP contribution in [0.15, 0.2) is 18.7 Å². The lowest BCUT2D eigenvalue weighted by molar-refractivity contribution is -0.752. The van der Waals surface area contributed by atoms with E-state index in [1.807, 2.05) is 17.1 Å². The van der Waals surface area contributed by atoms with E-state index in [9.17, 15) is 0 Å². The van der Waals surface area contributed by atoms with Crippen molar-refractivity contribution >= 4 is 11.0 Å². The SMILES string of the molecule is CC(C)C[n+]1cc2cncnc2[nH]1. The largest absolute Gasteiger partial charge is 0.244 e. The molecule has 2 rings (SSSR count). The molecule has 0 atom stereocenters. The van der Waals surface area contributed by atoms with Crippen molar-refractivity contribution < 1.29 is 4.68 Å². The van der Waals surface area contributed by atoms with E-state index in [1.165, 1.54) is 0 Å². The number of H-pyrrole nitrogens is 1. The minimum atomic E-state index is 0.631. The highest BCUT2D eigenvalue weighted by Crippen LogP contribution is 2.02. The van der Waals surface area contributed by atoms with Gasteiger partial charge >= 0.3 is 0 Å². The van der Waals surface area contributed by atoms with Gasteiger partial charge in [-0.15, -0.1) is 9.78 Å². The first-order valence-corrected chi connectivity index (χ1v) is 4.44. The molecule has 13 heavy (non-hydrogen) atoms. The molecule has 2 heterocycles. The summed E-state index contributed by atoms with van der Waals surface area (Å²) in [5.41, 5.74) is 0.899. The summed E-state index contributed by atoms with van der Waals surface area (Å²) in [6.45, 7) is 5.35. The Bertz CT molecular complexity index is 372. The lowest BCUT2D eigenvalue weighted by Gasteiger charge is -1.93. The molecule has 0 aromatic carbocycles. The van der Waals surface area contributed by atoms with Crippen LogP contribution in [0.5, 0.6) is 0 Å². The first kappa shape index (κ1) is 8.16. The Morgan fingerprint density at radius 3 is 3.08 bits per heavy atom. The van der Waals surface area contributed by atoms with Crippen LogP contribution in [0.3, 0.4) is 0 Å². The van der Waals surface area contributed by atoms with Crippen molar-refractivity contribution in [3.63, 3.8) is 0 Å².